The van der Waals surface area contributed by atoms with Gasteiger partial charge in [0.2, 0.25) is 5.91 Å². The second kappa shape index (κ2) is 4.06. The molecule has 1 rings (SSSR count). The second-order valence-electron chi connectivity index (χ2n) is 5.67. The van der Waals surface area contributed by atoms with Gasteiger partial charge in [-0.2, -0.15) is 5.26 Å². The van der Waals surface area contributed by atoms with Crippen LogP contribution in [0.1, 0.15) is 34.6 Å². The van der Waals surface area contributed by atoms with Crippen LogP contribution in [0, 0.1) is 17.2 Å². The summed E-state index contributed by atoms with van der Waals surface area (Å²) in [5.74, 6) is -0.684. The zero-order valence-electron chi connectivity index (χ0n) is 10.7. The summed E-state index contributed by atoms with van der Waals surface area (Å²) in [6, 6.07) is 1.98. The molecular weight excluding hydrogens is 204 g/mol. The Bertz CT molecular complexity index is 312. The molecule has 1 saturated heterocycles. The first-order chi connectivity index (χ1) is 7.17. The highest BCUT2D eigenvalue weighted by Gasteiger charge is 2.40. The molecule has 0 aromatic heterocycles. The Morgan fingerprint density at radius 1 is 1.31 bits per heavy atom. The molecule has 1 aliphatic heterocycles. The Labute approximate surface area is 97.2 Å². The van der Waals surface area contributed by atoms with Crippen LogP contribution in [0.5, 0.6) is 0 Å². The van der Waals surface area contributed by atoms with Crippen molar-refractivity contribution in [3.63, 3.8) is 0 Å². The molecular formula is C12H20N2O2. The van der Waals surface area contributed by atoms with Crippen molar-refractivity contribution >= 4 is 5.91 Å². The Kier molecular flexibility index (Phi) is 3.30. The normalized spacial score (nSPS) is 24.6. The highest BCUT2D eigenvalue weighted by molar-refractivity contribution is 5.81. The van der Waals surface area contributed by atoms with Crippen LogP contribution in [-0.2, 0) is 9.53 Å². The zero-order chi connectivity index (χ0) is 12.6. The van der Waals surface area contributed by atoms with Crippen molar-refractivity contribution in [1.82, 2.24) is 4.90 Å². The lowest BCUT2D eigenvalue weighted by Gasteiger charge is -2.47. The first-order valence-electron chi connectivity index (χ1n) is 5.55. The SMILES string of the molecule is CC(C#N)C(=O)N1CC(C)(C)OC(C)(C)C1. The van der Waals surface area contributed by atoms with Crippen LogP contribution in [0.4, 0.5) is 0 Å². The molecule has 0 spiro atoms. The molecule has 16 heavy (non-hydrogen) atoms. The van der Waals surface area contributed by atoms with Crippen molar-refractivity contribution in [3.8, 4) is 6.07 Å². The zero-order valence-corrected chi connectivity index (χ0v) is 10.7. The van der Waals surface area contributed by atoms with Crippen LogP contribution in [0.25, 0.3) is 0 Å². The van der Waals surface area contributed by atoms with Gasteiger partial charge in [0.15, 0.2) is 0 Å². The molecule has 90 valence electrons. The summed E-state index contributed by atoms with van der Waals surface area (Å²) in [6.07, 6.45) is 0. The van der Waals surface area contributed by atoms with Gasteiger partial charge in [-0.05, 0) is 34.6 Å². The predicted octanol–water partition coefficient (Wildman–Crippen LogP) is 1.56. The van der Waals surface area contributed by atoms with E-state index in [9.17, 15) is 4.79 Å². The number of nitrogens with zero attached hydrogens (tertiary/aromatic N) is 2. The number of rotatable bonds is 1. The summed E-state index contributed by atoms with van der Waals surface area (Å²) >= 11 is 0. The monoisotopic (exact) mass is 224 g/mol. The lowest BCUT2D eigenvalue weighted by Crippen LogP contribution is -2.59. The van der Waals surface area contributed by atoms with E-state index in [1.54, 1.807) is 11.8 Å². The van der Waals surface area contributed by atoms with E-state index in [0.29, 0.717) is 13.1 Å². The summed E-state index contributed by atoms with van der Waals surface area (Å²) < 4.78 is 5.88. The van der Waals surface area contributed by atoms with E-state index in [2.05, 4.69) is 0 Å². The molecule has 0 N–H and O–H groups in total. The van der Waals surface area contributed by atoms with Crippen LogP contribution in [0.3, 0.4) is 0 Å². The third-order valence-electron chi connectivity index (χ3n) is 2.57. The van der Waals surface area contributed by atoms with Crippen molar-refractivity contribution < 1.29 is 9.53 Å². The number of ether oxygens (including phenoxy) is 1. The van der Waals surface area contributed by atoms with E-state index in [4.69, 9.17) is 10.00 Å². The number of morpholine rings is 1. The van der Waals surface area contributed by atoms with Gasteiger partial charge in [-0.3, -0.25) is 4.79 Å². The average Bonchev–Trinajstić information content (AvgIpc) is 2.10. The molecule has 0 aliphatic carbocycles. The molecule has 0 saturated carbocycles. The Hall–Kier alpha value is -1.08. The number of hydrogen-bond donors (Lipinski definition) is 0. The number of nitriles is 1. The maximum atomic E-state index is 12.0. The van der Waals surface area contributed by atoms with E-state index < -0.39 is 5.92 Å². The summed E-state index contributed by atoms with van der Waals surface area (Å²) in [5.41, 5.74) is -0.709. The summed E-state index contributed by atoms with van der Waals surface area (Å²) in [4.78, 5) is 13.7. The fourth-order valence-electron chi connectivity index (χ4n) is 2.27. The Morgan fingerprint density at radius 3 is 2.12 bits per heavy atom. The predicted molar refractivity (Wildman–Crippen MR) is 60.6 cm³/mol. The van der Waals surface area contributed by atoms with Gasteiger partial charge >= 0.3 is 0 Å². The number of carbonyl (C=O) groups excluding carboxylic acids is 1. The Balaban J connectivity index is 2.83. The molecule has 1 aliphatic rings. The Morgan fingerprint density at radius 2 is 1.75 bits per heavy atom. The largest absolute Gasteiger partial charge is 0.366 e. The maximum Gasteiger partial charge on any atom is 0.239 e. The van der Waals surface area contributed by atoms with Gasteiger partial charge in [-0.1, -0.05) is 0 Å². The quantitative estimate of drug-likeness (QED) is 0.679. The number of amides is 1. The van der Waals surface area contributed by atoms with Crippen LogP contribution in [0.15, 0.2) is 0 Å². The minimum atomic E-state index is -0.579. The summed E-state index contributed by atoms with van der Waals surface area (Å²) in [6.45, 7) is 10.6. The second-order valence-corrected chi connectivity index (χ2v) is 5.67. The topological polar surface area (TPSA) is 53.3 Å². The third-order valence-corrected chi connectivity index (χ3v) is 2.57. The van der Waals surface area contributed by atoms with Crippen LogP contribution < -0.4 is 0 Å². The smallest absolute Gasteiger partial charge is 0.239 e. The lowest BCUT2D eigenvalue weighted by molar-refractivity contribution is -0.189. The fourth-order valence-corrected chi connectivity index (χ4v) is 2.27. The minimum absolute atomic E-state index is 0.105. The highest BCUT2D eigenvalue weighted by Crippen LogP contribution is 2.28. The molecule has 1 amide bonds. The molecule has 0 radical (unpaired) electrons. The third kappa shape index (κ3) is 2.96. The van der Waals surface area contributed by atoms with Crippen molar-refractivity contribution in [2.45, 2.75) is 45.8 Å². The average molecular weight is 224 g/mol. The first kappa shape index (κ1) is 13.0. The van der Waals surface area contributed by atoms with Crippen LogP contribution >= 0.6 is 0 Å². The van der Waals surface area contributed by atoms with E-state index in [1.165, 1.54) is 0 Å². The van der Waals surface area contributed by atoms with Gasteiger partial charge in [0.1, 0.15) is 5.92 Å². The minimum Gasteiger partial charge on any atom is -0.366 e. The number of hydrogen-bond acceptors (Lipinski definition) is 3. The van der Waals surface area contributed by atoms with Crippen molar-refractivity contribution in [1.29, 1.82) is 5.26 Å². The van der Waals surface area contributed by atoms with Gasteiger partial charge < -0.3 is 9.64 Å². The number of carbonyl (C=O) groups is 1. The molecule has 1 fully saturated rings. The van der Waals surface area contributed by atoms with Gasteiger partial charge in [-0.15, -0.1) is 0 Å². The van der Waals surface area contributed by atoms with Gasteiger partial charge in [-0.25, -0.2) is 0 Å². The molecule has 1 atom stereocenters. The van der Waals surface area contributed by atoms with E-state index in [1.807, 2.05) is 33.8 Å². The molecule has 0 aromatic rings. The van der Waals surface area contributed by atoms with Gasteiger partial charge in [0, 0.05) is 13.1 Å². The molecule has 0 aromatic carbocycles. The van der Waals surface area contributed by atoms with Gasteiger partial charge in [0.25, 0.3) is 0 Å². The fraction of sp³-hybridized carbons (Fsp3) is 0.833. The lowest BCUT2D eigenvalue weighted by atomic mass is 9.97. The molecule has 1 unspecified atom stereocenters. The van der Waals surface area contributed by atoms with E-state index in [0.717, 1.165) is 0 Å². The van der Waals surface area contributed by atoms with Crippen molar-refractivity contribution in [3.05, 3.63) is 0 Å². The van der Waals surface area contributed by atoms with Crippen molar-refractivity contribution in [2.24, 2.45) is 5.92 Å². The summed E-state index contributed by atoms with van der Waals surface area (Å²) in [7, 11) is 0. The molecule has 4 nitrogen and oxygen atoms in total. The maximum absolute atomic E-state index is 12.0. The van der Waals surface area contributed by atoms with Gasteiger partial charge in [0.05, 0.1) is 17.3 Å². The molecule has 1 heterocycles. The summed E-state index contributed by atoms with van der Waals surface area (Å²) in [5, 5.41) is 8.77. The van der Waals surface area contributed by atoms with Crippen LogP contribution in [-0.4, -0.2) is 35.1 Å². The van der Waals surface area contributed by atoms with E-state index >= 15 is 0 Å². The van der Waals surface area contributed by atoms with Crippen molar-refractivity contribution in [2.75, 3.05) is 13.1 Å². The standard InChI is InChI=1S/C12H20N2O2/c1-9(6-13)10(15)14-7-11(2,3)16-12(4,5)8-14/h9H,7-8H2,1-5H3. The highest BCUT2D eigenvalue weighted by atomic mass is 16.5. The molecule has 4 heteroatoms. The first-order valence-corrected chi connectivity index (χ1v) is 5.55. The van der Waals surface area contributed by atoms with E-state index in [-0.39, 0.29) is 17.1 Å². The molecule has 0 bridgehead atoms. The van der Waals surface area contributed by atoms with Crippen LogP contribution in [0.2, 0.25) is 0 Å².